The van der Waals surface area contributed by atoms with Crippen molar-refractivity contribution in [3.63, 3.8) is 0 Å². The molecule has 0 saturated carbocycles. The Morgan fingerprint density at radius 1 is 0.630 bits per heavy atom. The van der Waals surface area contributed by atoms with Crippen molar-refractivity contribution >= 4 is 32.9 Å². The predicted octanol–water partition coefficient (Wildman–Crippen LogP) is 5.12. The lowest BCUT2D eigenvalue weighted by Crippen LogP contribution is -2.22. The molecule has 0 atom stereocenters. The monoisotopic (exact) mass is 350 g/mol. The maximum Gasteiger partial charge on any atom is 0.424 e. The minimum absolute atomic E-state index is 0.373. The lowest BCUT2D eigenvalue weighted by molar-refractivity contribution is 0.513. The van der Waals surface area contributed by atoms with Crippen LogP contribution in [-0.2, 0) is 0 Å². The first-order valence-electron chi connectivity index (χ1n) is 8.85. The molecular weight excluding hydrogens is 336 g/mol. The Labute approximate surface area is 153 Å². The summed E-state index contributed by atoms with van der Waals surface area (Å²) in [6.07, 6.45) is 0. The molecule has 0 fully saturated rings. The van der Waals surface area contributed by atoms with Crippen LogP contribution in [-0.4, -0.2) is 9.13 Å². The molecule has 0 amide bonds. The zero-order valence-corrected chi connectivity index (χ0v) is 14.3. The van der Waals surface area contributed by atoms with Gasteiger partial charge in [-0.3, -0.25) is 0 Å². The van der Waals surface area contributed by atoms with Crippen LogP contribution in [0.4, 0.5) is 0 Å². The van der Waals surface area contributed by atoms with Gasteiger partial charge in [-0.2, -0.15) is 0 Å². The Morgan fingerprint density at radius 2 is 1.37 bits per heavy atom. The van der Waals surface area contributed by atoms with E-state index in [1.807, 2.05) is 60.7 Å². The average Bonchev–Trinajstić information content (AvgIpc) is 2.72. The maximum absolute atomic E-state index is 12.9. The average molecular weight is 350 g/mol. The van der Waals surface area contributed by atoms with Gasteiger partial charge in [0, 0.05) is 5.69 Å². The fraction of sp³-hybridized carbons (Fsp3) is 0. The first-order chi connectivity index (χ1) is 13.3. The fourth-order valence-corrected chi connectivity index (χ4v) is 4.09. The smallest absolute Gasteiger partial charge is 0.409 e. The lowest BCUT2D eigenvalue weighted by Gasteiger charge is -2.23. The normalized spacial score (nSPS) is 11.9. The van der Waals surface area contributed by atoms with E-state index in [0.717, 1.165) is 38.7 Å². The number of hydrogen-bond acceptors (Lipinski definition) is 2. The number of fused-ring (bicyclic) bond motifs is 2. The highest BCUT2D eigenvalue weighted by molar-refractivity contribution is 6.08. The van der Waals surface area contributed by atoms with Crippen molar-refractivity contribution < 1.29 is 4.42 Å². The summed E-state index contributed by atoms with van der Waals surface area (Å²) in [4.78, 5) is 12.9. The van der Waals surface area contributed by atoms with Gasteiger partial charge in [0.2, 0.25) is 0 Å². The molecule has 4 aromatic rings. The van der Waals surface area contributed by atoms with Crippen molar-refractivity contribution in [2.75, 3.05) is 0 Å². The van der Waals surface area contributed by atoms with Gasteiger partial charge in [0.1, 0.15) is 5.58 Å². The van der Waals surface area contributed by atoms with Crippen LogP contribution in [0, 0.1) is 0 Å². The molecule has 4 heteroatoms. The standard InChI is InChI=1S/C23H14N2O2/c26-23-25-18-11-5-4-10-17(18)24(16-8-2-1-3-9-16)19-14-13-15-7-6-12-20(27-23)21(15)22(19)25/h1-14H. The zero-order valence-electron chi connectivity index (χ0n) is 14.3. The molecule has 0 aromatic heterocycles. The third kappa shape index (κ3) is 1.84. The van der Waals surface area contributed by atoms with Crippen molar-refractivity contribution in [1.29, 1.82) is 0 Å². The molecule has 2 aliphatic rings. The first kappa shape index (κ1) is 14.4. The molecular formula is C23H14N2O2. The summed E-state index contributed by atoms with van der Waals surface area (Å²) in [6.45, 7) is 0. The molecule has 4 nitrogen and oxygen atoms in total. The second-order valence-electron chi connectivity index (χ2n) is 6.65. The molecule has 0 N–H and O–H groups in total. The SMILES string of the molecule is O=c1oc2cccc3ccc4c(c32)-n1c1ccccc1n4-c1ccccc1. The molecule has 128 valence electrons. The Hall–Kier alpha value is -3.79. The van der Waals surface area contributed by atoms with E-state index in [1.54, 1.807) is 4.57 Å². The third-order valence-corrected chi connectivity index (χ3v) is 5.18. The molecule has 0 bridgehead atoms. The van der Waals surface area contributed by atoms with Crippen LogP contribution in [0.15, 0.2) is 94.1 Å². The zero-order chi connectivity index (χ0) is 18.0. The van der Waals surface area contributed by atoms with Gasteiger partial charge in [0.25, 0.3) is 0 Å². The first-order valence-corrected chi connectivity index (χ1v) is 8.85. The summed E-state index contributed by atoms with van der Waals surface area (Å²) >= 11 is 0. The van der Waals surface area contributed by atoms with Crippen LogP contribution in [0.2, 0.25) is 0 Å². The van der Waals surface area contributed by atoms with Crippen LogP contribution >= 0.6 is 0 Å². The molecule has 0 aliphatic carbocycles. The summed E-state index contributed by atoms with van der Waals surface area (Å²) in [6, 6.07) is 28.1. The van der Waals surface area contributed by atoms with E-state index in [4.69, 9.17) is 4.42 Å². The molecule has 4 aromatic carbocycles. The Morgan fingerprint density at radius 3 is 2.19 bits per heavy atom. The highest BCUT2D eigenvalue weighted by Gasteiger charge is 2.22. The molecule has 2 heterocycles. The number of rotatable bonds is 1. The van der Waals surface area contributed by atoms with Crippen molar-refractivity contribution in [3.8, 4) is 11.4 Å². The third-order valence-electron chi connectivity index (χ3n) is 5.18. The van der Waals surface area contributed by atoms with E-state index in [0.29, 0.717) is 5.58 Å². The fourth-order valence-electron chi connectivity index (χ4n) is 4.09. The van der Waals surface area contributed by atoms with Crippen molar-refractivity contribution in [1.82, 2.24) is 9.13 Å². The van der Waals surface area contributed by atoms with Crippen LogP contribution in [0.1, 0.15) is 0 Å². The summed E-state index contributed by atoms with van der Waals surface area (Å²) in [5, 5.41) is 2.01. The van der Waals surface area contributed by atoms with E-state index in [9.17, 15) is 4.79 Å². The van der Waals surface area contributed by atoms with E-state index in [1.165, 1.54) is 0 Å². The molecule has 6 rings (SSSR count). The van der Waals surface area contributed by atoms with E-state index < -0.39 is 0 Å². The second-order valence-corrected chi connectivity index (χ2v) is 6.65. The van der Waals surface area contributed by atoms with Crippen LogP contribution in [0.25, 0.3) is 44.3 Å². The van der Waals surface area contributed by atoms with Gasteiger partial charge in [-0.15, -0.1) is 0 Å². The van der Waals surface area contributed by atoms with Gasteiger partial charge < -0.3 is 8.98 Å². The molecule has 0 spiro atoms. The minimum atomic E-state index is -0.373. The van der Waals surface area contributed by atoms with Gasteiger partial charge in [0.15, 0.2) is 0 Å². The van der Waals surface area contributed by atoms with Gasteiger partial charge in [-0.05, 0) is 41.8 Å². The van der Waals surface area contributed by atoms with Crippen molar-refractivity contribution in [3.05, 3.63) is 95.5 Å². The van der Waals surface area contributed by atoms with Crippen molar-refractivity contribution in [2.24, 2.45) is 0 Å². The maximum atomic E-state index is 12.9. The van der Waals surface area contributed by atoms with Gasteiger partial charge in [0.05, 0.1) is 27.6 Å². The van der Waals surface area contributed by atoms with Crippen LogP contribution < -0.4 is 5.76 Å². The largest absolute Gasteiger partial charge is 0.424 e. The number of hydrogen-bond donors (Lipinski definition) is 0. The van der Waals surface area contributed by atoms with Crippen LogP contribution in [0.5, 0.6) is 0 Å². The van der Waals surface area contributed by atoms with Gasteiger partial charge in [-0.1, -0.05) is 48.5 Å². The molecule has 27 heavy (non-hydrogen) atoms. The number of para-hydroxylation sites is 3. The quantitative estimate of drug-likeness (QED) is 0.305. The van der Waals surface area contributed by atoms with Crippen LogP contribution in [0.3, 0.4) is 0 Å². The Kier molecular flexibility index (Phi) is 2.72. The number of aromatic nitrogens is 2. The summed E-state index contributed by atoms with van der Waals surface area (Å²) in [5.74, 6) is -0.373. The minimum Gasteiger partial charge on any atom is -0.409 e. The highest BCUT2D eigenvalue weighted by atomic mass is 16.4. The molecule has 0 radical (unpaired) electrons. The van der Waals surface area contributed by atoms with Gasteiger partial charge in [-0.25, -0.2) is 9.36 Å². The number of benzene rings is 4. The molecule has 2 aliphatic heterocycles. The predicted molar refractivity (Wildman–Crippen MR) is 107 cm³/mol. The second kappa shape index (κ2) is 5.11. The summed E-state index contributed by atoms with van der Waals surface area (Å²) in [5.41, 5.74) is 5.28. The topological polar surface area (TPSA) is 40.1 Å². The Bertz CT molecular complexity index is 1490. The highest BCUT2D eigenvalue weighted by Crippen LogP contribution is 2.36. The summed E-state index contributed by atoms with van der Waals surface area (Å²) in [7, 11) is 0. The van der Waals surface area contributed by atoms with E-state index in [2.05, 4.69) is 28.8 Å². The Balaban J connectivity index is 2.00. The molecule has 0 unspecified atom stereocenters. The van der Waals surface area contributed by atoms with E-state index in [-0.39, 0.29) is 5.76 Å². The summed E-state index contributed by atoms with van der Waals surface area (Å²) < 4.78 is 9.56. The lowest BCUT2D eigenvalue weighted by atomic mass is 10.0. The number of nitrogens with zero attached hydrogens (tertiary/aromatic N) is 2. The van der Waals surface area contributed by atoms with Gasteiger partial charge >= 0.3 is 5.76 Å². The van der Waals surface area contributed by atoms with E-state index >= 15 is 0 Å². The molecule has 0 saturated heterocycles. The van der Waals surface area contributed by atoms with Crippen molar-refractivity contribution in [2.45, 2.75) is 0 Å².